The molecule has 0 fully saturated rings. The minimum absolute atomic E-state index is 0.383. The van der Waals surface area contributed by atoms with Gasteiger partial charge in [-0.05, 0) is 23.7 Å². The van der Waals surface area contributed by atoms with Crippen LogP contribution in [0.2, 0.25) is 0 Å². The molecule has 112 valence electrons. The highest BCUT2D eigenvalue weighted by Gasteiger charge is 2.13. The van der Waals surface area contributed by atoms with Crippen LogP contribution < -0.4 is 0 Å². The van der Waals surface area contributed by atoms with Gasteiger partial charge >= 0.3 is 0 Å². The third-order valence-electron chi connectivity index (χ3n) is 3.08. The predicted molar refractivity (Wildman–Crippen MR) is 92.0 cm³/mol. The Balaban J connectivity index is 1.97. The molecule has 3 aromatic rings. The second kappa shape index (κ2) is 6.33. The maximum atomic E-state index is 5.25. The fourth-order valence-electron chi connectivity index (χ4n) is 1.85. The lowest BCUT2D eigenvalue weighted by atomic mass is 10.2. The van der Waals surface area contributed by atoms with Crippen LogP contribution in [0.5, 0.6) is 0 Å². The average Bonchev–Trinajstić information content (AvgIpc) is 3.13. The van der Waals surface area contributed by atoms with Gasteiger partial charge < -0.3 is 0 Å². The van der Waals surface area contributed by atoms with E-state index in [1.165, 1.54) is 0 Å². The van der Waals surface area contributed by atoms with Crippen molar-refractivity contribution >= 4 is 29.8 Å². The lowest BCUT2D eigenvalue weighted by molar-refractivity contribution is 0.828. The number of aromatic amines is 1. The van der Waals surface area contributed by atoms with Crippen LogP contribution in [-0.4, -0.2) is 26.1 Å². The largest absolute Gasteiger partial charge is 0.250 e. The van der Waals surface area contributed by atoms with Crippen LogP contribution in [0, 0.1) is 4.77 Å². The smallest absolute Gasteiger partial charge is 0.216 e. The van der Waals surface area contributed by atoms with Crippen molar-refractivity contribution in [3.63, 3.8) is 0 Å². The summed E-state index contributed by atoms with van der Waals surface area (Å²) in [6.45, 7) is 4.23. The van der Waals surface area contributed by atoms with Crippen molar-refractivity contribution in [3.8, 4) is 10.8 Å². The summed E-state index contributed by atoms with van der Waals surface area (Å²) in [6, 6.07) is 9.86. The lowest BCUT2D eigenvalue weighted by Gasteiger charge is -1.98. The Morgan fingerprint density at radius 2 is 2.09 bits per heavy atom. The first-order chi connectivity index (χ1) is 10.6. The molecular weight excluding hydrogens is 314 g/mol. The summed E-state index contributed by atoms with van der Waals surface area (Å²) in [7, 11) is 0. The van der Waals surface area contributed by atoms with E-state index in [0.29, 0.717) is 16.5 Å². The van der Waals surface area contributed by atoms with E-state index < -0.39 is 0 Å². The van der Waals surface area contributed by atoms with Crippen LogP contribution >= 0.6 is 23.6 Å². The molecule has 1 N–H and O–H groups in total. The van der Waals surface area contributed by atoms with E-state index in [-0.39, 0.29) is 0 Å². The molecule has 0 atom stereocenters. The first-order valence-electron chi connectivity index (χ1n) is 6.88. The Bertz CT molecular complexity index is 842. The second-order valence-electron chi connectivity index (χ2n) is 5.05. The first kappa shape index (κ1) is 14.8. The van der Waals surface area contributed by atoms with Gasteiger partial charge in [-0.3, -0.25) is 0 Å². The number of nitrogens with zero attached hydrogens (tertiary/aromatic N) is 4. The summed E-state index contributed by atoms with van der Waals surface area (Å²) < 4.78 is 2.05. The number of H-pyrrole nitrogens is 1. The van der Waals surface area contributed by atoms with Crippen molar-refractivity contribution in [2.45, 2.75) is 19.8 Å². The number of hydrogen-bond acceptors (Lipinski definition) is 5. The van der Waals surface area contributed by atoms with Crippen molar-refractivity contribution < 1.29 is 0 Å². The highest BCUT2D eigenvalue weighted by atomic mass is 32.1. The molecule has 0 unspecified atom stereocenters. The Morgan fingerprint density at radius 1 is 1.32 bits per heavy atom. The Morgan fingerprint density at radius 3 is 2.77 bits per heavy atom. The van der Waals surface area contributed by atoms with Crippen molar-refractivity contribution in [2.75, 3.05) is 0 Å². The highest BCUT2D eigenvalue weighted by Crippen LogP contribution is 2.25. The molecule has 0 spiro atoms. The van der Waals surface area contributed by atoms with E-state index in [2.05, 4.69) is 34.1 Å². The first-order valence-corrected chi connectivity index (χ1v) is 8.16. The van der Waals surface area contributed by atoms with Crippen LogP contribution in [0.3, 0.4) is 0 Å². The van der Waals surface area contributed by atoms with E-state index in [1.54, 1.807) is 22.2 Å². The van der Waals surface area contributed by atoms with E-state index >= 15 is 0 Å². The van der Waals surface area contributed by atoms with Gasteiger partial charge in [-0.2, -0.15) is 9.78 Å². The summed E-state index contributed by atoms with van der Waals surface area (Å²) in [5, 5.41) is 14.3. The standard InChI is InChI=1S/C15H15N5S2/c1-10(2)12-9-22-14(17-12)13-18-19-15(21)20(13)16-8-11-6-4-3-5-7-11/h3-10H,1-2H3,(H,19,21)/b16-8+. The van der Waals surface area contributed by atoms with Crippen LogP contribution in [0.15, 0.2) is 40.8 Å². The molecular formula is C15H15N5S2. The molecule has 0 aliphatic carbocycles. The third-order valence-corrected chi connectivity index (χ3v) is 4.20. The average molecular weight is 329 g/mol. The van der Waals surface area contributed by atoms with Gasteiger partial charge in [-0.25, -0.2) is 10.1 Å². The van der Waals surface area contributed by atoms with Crippen LogP contribution in [0.4, 0.5) is 0 Å². The van der Waals surface area contributed by atoms with Crippen LogP contribution in [0.25, 0.3) is 10.8 Å². The molecule has 2 heterocycles. The fraction of sp³-hybridized carbons (Fsp3) is 0.200. The summed E-state index contributed by atoms with van der Waals surface area (Å²) in [6.07, 6.45) is 1.76. The van der Waals surface area contributed by atoms with Gasteiger partial charge in [-0.15, -0.1) is 16.4 Å². The predicted octanol–water partition coefficient (Wildman–Crippen LogP) is 4.07. The molecule has 0 radical (unpaired) electrons. The van der Waals surface area contributed by atoms with E-state index in [9.17, 15) is 0 Å². The number of aromatic nitrogens is 4. The zero-order chi connectivity index (χ0) is 15.5. The number of benzene rings is 1. The van der Waals surface area contributed by atoms with Crippen molar-refractivity contribution in [3.05, 3.63) is 51.7 Å². The minimum Gasteiger partial charge on any atom is -0.250 e. The monoisotopic (exact) mass is 329 g/mol. The summed E-state index contributed by atoms with van der Waals surface area (Å²) in [4.78, 5) is 4.60. The molecule has 7 heteroatoms. The third kappa shape index (κ3) is 3.05. The number of rotatable bonds is 4. The summed E-state index contributed by atoms with van der Waals surface area (Å²) >= 11 is 6.80. The van der Waals surface area contributed by atoms with E-state index in [0.717, 1.165) is 16.3 Å². The number of nitrogens with one attached hydrogen (secondary N) is 1. The van der Waals surface area contributed by atoms with Gasteiger partial charge in [0.2, 0.25) is 10.6 Å². The Labute approximate surface area is 137 Å². The topological polar surface area (TPSA) is 58.9 Å². The zero-order valence-electron chi connectivity index (χ0n) is 12.2. The molecule has 0 aliphatic heterocycles. The van der Waals surface area contributed by atoms with Gasteiger partial charge in [-0.1, -0.05) is 44.2 Å². The van der Waals surface area contributed by atoms with Crippen molar-refractivity contribution in [1.82, 2.24) is 19.9 Å². The Hall–Kier alpha value is -2.12. The van der Waals surface area contributed by atoms with Gasteiger partial charge in [0.25, 0.3) is 0 Å². The van der Waals surface area contributed by atoms with E-state index in [4.69, 9.17) is 12.2 Å². The lowest BCUT2D eigenvalue weighted by Crippen LogP contribution is -1.95. The molecule has 22 heavy (non-hydrogen) atoms. The van der Waals surface area contributed by atoms with Crippen LogP contribution in [-0.2, 0) is 0 Å². The van der Waals surface area contributed by atoms with Crippen molar-refractivity contribution in [2.24, 2.45) is 5.10 Å². The summed E-state index contributed by atoms with van der Waals surface area (Å²) in [5.41, 5.74) is 2.05. The highest BCUT2D eigenvalue weighted by molar-refractivity contribution is 7.71. The molecule has 3 rings (SSSR count). The molecule has 0 amide bonds. The molecule has 0 bridgehead atoms. The van der Waals surface area contributed by atoms with Gasteiger partial charge in [0.15, 0.2) is 5.01 Å². The number of thiazole rings is 1. The summed E-state index contributed by atoms with van der Waals surface area (Å²) in [5.74, 6) is 1.02. The Kier molecular flexibility index (Phi) is 4.26. The van der Waals surface area contributed by atoms with Gasteiger partial charge in [0.05, 0.1) is 11.9 Å². The maximum Gasteiger partial charge on any atom is 0.216 e. The van der Waals surface area contributed by atoms with Gasteiger partial charge in [0.1, 0.15) is 0 Å². The minimum atomic E-state index is 0.383. The normalized spacial score (nSPS) is 11.6. The fourth-order valence-corrected chi connectivity index (χ4v) is 2.99. The van der Waals surface area contributed by atoms with E-state index in [1.807, 2.05) is 35.7 Å². The number of hydrogen-bond donors (Lipinski definition) is 1. The second-order valence-corrected chi connectivity index (χ2v) is 6.30. The zero-order valence-corrected chi connectivity index (χ0v) is 13.9. The maximum absolute atomic E-state index is 5.25. The van der Waals surface area contributed by atoms with Crippen molar-refractivity contribution in [1.29, 1.82) is 0 Å². The molecule has 2 aromatic heterocycles. The van der Waals surface area contributed by atoms with Gasteiger partial charge in [0, 0.05) is 5.38 Å². The molecule has 0 saturated heterocycles. The van der Waals surface area contributed by atoms with Crippen LogP contribution in [0.1, 0.15) is 31.0 Å². The quantitative estimate of drug-likeness (QED) is 0.580. The molecule has 1 aromatic carbocycles. The SMILES string of the molecule is CC(C)c1csc(-c2n[nH]c(=S)n2/N=C/c2ccccc2)n1. The molecule has 0 aliphatic rings. The molecule has 0 saturated carbocycles. The molecule has 5 nitrogen and oxygen atoms in total.